The van der Waals surface area contributed by atoms with Crippen molar-refractivity contribution in [1.82, 2.24) is 9.80 Å². The SMILES string of the molecule is O=C(O)CC(c1ccccc1)N1CSC(=S)N(Cc2ccccc2)C1. The average molecular weight is 373 g/mol. The van der Waals surface area contributed by atoms with Crippen molar-refractivity contribution in [2.75, 3.05) is 12.5 Å². The number of thioether (sulfide) groups is 1. The van der Waals surface area contributed by atoms with E-state index < -0.39 is 5.97 Å². The third kappa shape index (κ3) is 4.81. The van der Waals surface area contributed by atoms with Crippen molar-refractivity contribution < 1.29 is 9.90 Å². The van der Waals surface area contributed by atoms with Crippen LogP contribution in [-0.4, -0.2) is 37.7 Å². The van der Waals surface area contributed by atoms with E-state index in [4.69, 9.17) is 12.2 Å². The molecule has 3 rings (SSSR count). The number of carboxylic acids is 1. The lowest BCUT2D eigenvalue weighted by Crippen LogP contribution is -2.46. The number of carbonyl (C=O) groups is 1. The summed E-state index contributed by atoms with van der Waals surface area (Å²) in [6.07, 6.45) is 0.0799. The van der Waals surface area contributed by atoms with Gasteiger partial charge in [-0.1, -0.05) is 84.6 Å². The highest BCUT2D eigenvalue weighted by atomic mass is 32.2. The predicted octanol–water partition coefficient (Wildman–Crippen LogP) is 3.95. The van der Waals surface area contributed by atoms with E-state index >= 15 is 0 Å². The first-order valence-corrected chi connectivity index (χ1v) is 9.49. The Hall–Kier alpha value is -1.89. The van der Waals surface area contributed by atoms with E-state index in [1.807, 2.05) is 48.5 Å². The minimum Gasteiger partial charge on any atom is -0.481 e. The zero-order valence-corrected chi connectivity index (χ0v) is 15.4. The van der Waals surface area contributed by atoms with E-state index in [0.29, 0.717) is 12.5 Å². The maximum Gasteiger partial charge on any atom is 0.305 e. The zero-order chi connectivity index (χ0) is 17.6. The van der Waals surface area contributed by atoms with Crippen LogP contribution in [-0.2, 0) is 11.3 Å². The van der Waals surface area contributed by atoms with Crippen molar-refractivity contribution in [3.63, 3.8) is 0 Å². The molecule has 1 aliphatic heterocycles. The molecule has 1 heterocycles. The molecule has 1 aliphatic rings. The van der Waals surface area contributed by atoms with E-state index in [2.05, 4.69) is 21.9 Å². The average Bonchev–Trinajstić information content (AvgIpc) is 2.63. The van der Waals surface area contributed by atoms with Gasteiger partial charge in [0, 0.05) is 12.6 Å². The highest BCUT2D eigenvalue weighted by Gasteiger charge is 2.29. The fraction of sp³-hybridized carbons (Fsp3) is 0.263. The number of aliphatic carboxylic acids is 1. The molecule has 2 aromatic rings. The van der Waals surface area contributed by atoms with Gasteiger partial charge in [-0.15, -0.1) is 0 Å². The topological polar surface area (TPSA) is 43.8 Å². The molecule has 0 aliphatic carbocycles. The van der Waals surface area contributed by atoms with E-state index in [1.165, 1.54) is 5.56 Å². The lowest BCUT2D eigenvalue weighted by molar-refractivity contribution is -0.138. The summed E-state index contributed by atoms with van der Waals surface area (Å²) >= 11 is 7.11. The summed E-state index contributed by atoms with van der Waals surface area (Å²) in [6.45, 7) is 1.37. The summed E-state index contributed by atoms with van der Waals surface area (Å²) in [5.41, 5.74) is 2.22. The molecule has 0 bridgehead atoms. The van der Waals surface area contributed by atoms with Crippen LogP contribution in [0.25, 0.3) is 0 Å². The minimum atomic E-state index is -0.790. The largest absolute Gasteiger partial charge is 0.481 e. The standard InChI is InChI=1S/C19H20N2O2S2/c22-18(23)11-17(16-9-5-2-6-10-16)21-13-20(19(24)25-14-21)12-15-7-3-1-4-8-15/h1-10,17H,11-14H2,(H,22,23). The van der Waals surface area contributed by atoms with Crippen LogP contribution in [0.1, 0.15) is 23.6 Å². The minimum absolute atomic E-state index is 0.0799. The van der Waals surface area contributed by atoms with Crippen molar-refractivity contribution in [2.45, 2.75) is 19.0 Å². The summed E-state index contributed by atoms with van der Waals surface area (Å²) < 4.78 is 0.863. The highest BCUT2D eigenvalue weighted by Crippen LogP contribution is 2.31. The monoisotopic (exact) mass is 372 g/mol. The van der Waals surface area contributed by atoms with Crippen molar-refractivity contribution >= 4 is 34.3 Å². The van der Waals surface area contributed by atoms with E-state index in [1.54, 1.807) is 11.8 Å². The Morgan fingerprint density at radius 2 is 1.76 bits per heavy atom. The van der Waals surface area contributed by atoms with Crippen LogP contribution in [0.3, 0.4) is 0 Å². The van der Waals surface area contributed by atoms with Gasteiger partial charge >= 0.3 is 5.97 Å². The van der Waals surface area contributed by atoms with Gasteiger partial charge in [-0.25, -0.2) is 0 Å². The number of hydrogen-bond donors (Lipinski definition) is 1. The molecule has 6 heteroatoms. The lowest BCUT2D eigenvalue weighted by atomic mass is 10.0. The van der Waals surface area contributed by atoms with Crippen molar-refractivity contribution in [2.24, 2.45) is 0 Å². The first-order valence-electron chi connectivity index (χ1n) is 8.10. The second-order valence-corrected chi connectivity index (χ2v) is 7.56. The van der Waals surface area contributed by atoms with Gasteiger partial charge in [-0.3, -0.25) is 9.69 Å². The first-order chi connectivity index (χ1) is 12.1. The van der Waals surface area contributed by atoms with Gasteiger partial charge in [0.05, 0.1) is 19.0 Å². The first kappa shape index (κ1) is 17.9. The molecule has 25 heavy (non-hydrogen) atoms. The maximum atomic E-state index is 11.4. The molecule has 1 unspecified atom stereocenters. The number of thiocarbonyl (C=S) groups is 1. The molecular weight excluding hydrogens is 352 g/mol. The van der Waals surface area contributed by atoms with Crippen LogP contribution in [0.15, 0.2) is 60.7 Å². The quantitative estimate of drug-likeness (QED) is 0.775. The number of nitrogens with zero attached hydrogens (tertiary/aromatic N) is 2. The molecular formula is C19H20N2O2S2. The number of carboxylic acid groups (broad SMARTS) is 1. The Bertz CT molecular complexity index is 725. The highest BCUT2D eigenvalue weighted by molar-refractivity contribution is 8.22. The molecule has 1 atom stereocenters. The predicted molar refractivity (Wildman–Crippen MR) is 105 cm³/mol. The van der Waals surface area contributed by atoms with Crippen LogP contribution in [0.2, 0.25) is 0 Å². The maximum absolute atomic E-state index is 11.4. The molecule has 0 aromatic heterocycles. The number of rotatable bonds is 6. The summed E-state index contributed by atoms with van der Waals surface area (Å²) in [7, 11) is 0. The van der Waals surface area contributed by atoms with Crippen LogP contribution in [0, 0.1) is 0 Å². The van der Waals surface area contributed by atoms with Gasteiger partial charge in [-0.2, -0.15) is 0 Å². The Balaban J connectivity index is 1.77. The molecule has 1 N–H and O–H groups in total. The lowest BCUT2D eigenvalue weighted by Gasteiger charge is -2.40. The second-order valence-electron chi connectivity index (χ2n) is 5.98. The Morgan fingerprint density at radius 3 is 2.40 bits per heavy atom. The molecule has 0 radical (unpaired) electrons. The van der Waals surface area contributed by atoms with Gasteiger partial charge in [0.1, 0.15) is 4.32 Å². The van der Waals surface area contributed by atoms with Gasteiger partial charge in [0.2, 0.25) is 0 Å². The summed E-state index contributed by atoms with van der Waals surface area (Å²) in [4.78, 5) is 15.7. The number of benzene rings is 2. The molecule has 1 saturated heterocycles. The molecule has 0 spiro atoms. The Morgan fingerprint density at radius 1 is 1.12 bits per heavy atom. The van der Waals surface area contributed by atoms with E-state index in [-0.39, 0.29) is 12.5 Å². The van der Waals surface area contributed by atoms with Crippen LogP contribution >= 0.6 is 24.0 Å². The van der Waals surface area contributed by atoms with Gasteiger partial charge < -0.3 is 10.0 Å². The van der Waals surface area contributed by atoms with Crippen molar-refractivity contribution in [3.8, 4) is 0 Å². The van der Waals surface area contributed by atoms with Gasteiger partial charge in [-0.05, 0) is 11.1 Å². The molecule has 2 aromatic carbocycles. The molecule has 4 nitrogen and oxygen atoms in total. The van der Waals surface area contributed by atoms with Gasteiger partial charge in [0.25, 0.3) is 0 Å². The molecule has 1 fully saturated rings. The normalized spacial score (nSPS) is 16.6. The third-order valence-corrected chi connectivity index (χ3v) is 5.75. The number of hydrogen-bond acceptors (Lipinski definition) is 4. The fourth-order valence-corrected chi connectivity index (χ4v) is 4.08. The van der Waals surface area contributed by atoms with E-state index in [9.17, 15) is 9.90 Å². The van der Waals surface area contributed by atoms with Gasteiger partial charge in [0.15, 0.2) is 0 Å². The zero-order valence-electron chi connectivity index (χ0n) is 13.7. The Kier molecular flexibility index (Phi) is 6.07. The summed E-state index contributed by atoms with van der Waals surface area (Å²) in [5, 5.41) is 9.36. The van der Waals surface area contributed by atoms with Crippen LogP contribution in [0.5, 0.6) is 0 Å². The van der Waals surface area contributed by atoms with Crippen molar-refractivity contribution in [1.29, 1.82) is 0 Å². The smallest absolute Gasteiger partial charge is 0.305 e. The molecule has 0 saturated carbocycles. The third-order valence-electron chi connectivity index (χ3n) is 4.17. The van der Waals surface area contributed by atoms with Crippen molar-refractivity contribution in [3.05, 3.63) is 71.8 Å². The molecule has 130 valence electrons. The molecule has 0 amide bonds. The summed E-state index contributed by atoms with van der Waals surface area (Å²) in [5.74, 6) is -0.0849. The fourth-order valence-electron chi connectivity index (χ4n) is 2.95. The summed E-state index contributed by atoms with van der Waals surface area (Å²) in [6, 6.07) is 19.9. The second kappa shape index (κ2) is 8.47. The van der Waals surface area contributed by atoms with Crippen LogP contribution < -0.4 is 0 Å². The van der Waals surface area contributed by atoms with Crippen LogP contribution in [0.4, 0.5) is 0 Å². The Labute approximate surface area is 157 Å². The van der Waals surface area contributed by atoms with E-state index in [0.717, 1.165) is 16.4 Å².